The smallest absolute Gasteiger partial charge is 0.223 e. The van der Waals surface area contributed by atoms with Gasteiger partial charge in [-0.05, 0) is 36.4 Å². The van der Waals surface area contributed by atoms with Crippen LogP contribution in [-0.4, -0.2) is 24.9 Å². The van der Waals surface area contributed by atoms with Crippen LogP contribution in [0.3, 0.4) is 0 Å². The molecule has 2 aromatic rings. The van der Waals surface area contributed by atoms with E-state index >= 15 is 0 Å². The van der Waals surface area contributed by atoms with Crippen LogP contribution in [0.4, 0.5) is 5.69 Å². The fourth-order valence-electron chi connectivity index (χ4n) is 2.22. The number of rotatable bonds is 7. The topological polar surface area (TPSA) is 58.6 Å². The fourth-order valence-corrected chi connectivity index (χ4v) is 2.22. The van der Waals surface area contributed by atoms with Gasteiger partial charge >= 0.3 is 0 Å². The number of anilines is 1. The molecule has 0 aromatic heterocycles. The van der Waals surface area contributed by atoms with Crippen molar-refractivity contribution in [2.75, 3.05) is 18.0 Å². The van der Waals surface area contributed by atoms with E-state index in [4.69, 9.17) is 4.74 Å². The number of hydrogen-bond acceptors (Lipinski definition) is 3. The number of carbonyl (C=O) groups is 2. The van der Waals surface area contributed by atoms with Gasteiger partial charge in [0.2, 0.25) is 11.8 Å². The summed E-state index contributed by atoms with van der Waals surface area (Å²) >= 11 is 0. The van der Waals surface area contributed by atoms with E-state index in [1.165, 1.54) is 6.92 Å². The van der Waals surface area contributed by atoms with Crippen LogP contribution in [0, 0.1) is 0 Å². The number of benzene rings is 2. The minimum absolute atomic E-state index is 0.0230. The number of hydrogen-bond donors (Lipinski definition) is 1. The van der Waals surface area contributed by atoms with Gasteiger partial charge in [-0.25, -0.2) is 0 Å². The van der Waals surface area contributed by atoms with Gasteiger partial charge in [0, 0.05) is 32.1 Å². The number of amides is 2. The van der Waals surface area contributed by atoms with Crippen molar-refractivity contribution in [1.29, 1.82) is 0 Å². The molecule has 2 amide bonds. The fraction of sp³-hybridized carbons (Fsp3) is 0.263. The van der Waals surface area contributed by atoms with E-state index < -0.39 is 0 Å². The first-order valence-electron chi connectivity index (χ1n) is 7.98. The molecule has 2 rings (SSSR count). The average molecular weight is 326 g/mol. The van der Waals surface area contributed by atoms with E-state index in [0.717, 1.165) is 11.4 Å². The quantitative estimate of drug-likeness (QED) is 0.849. The lowest BCUT2D eigenvalue weighted by Gasteiger charge is -2.21. The maximum Gasteiger partial charge on any atom is 0.223 e. The monoisotopic (exact) mass is 326 g/mol. The van der Waals surface area contributed by atoms with Gasteiger partial charge < -0.3 is 15.0 Å². The largest absolute Gasteiger partial charge is 0.457 e. The average Bonchev–Trinajstić information content (AvgIpc) is 2.60. The van der Waals surface area contributed by atoms with Crippen LogP contribution in [0.15, 0.2) is 54.6 Å². The number of ether oxygens (including phenoxy) is 1. The zero-order valence-corrected chi connectivity index (χ0v) is 14.0. The molecule has 1 N–H and O–H groups in total. The molecule has 5 heteroatoms. The summed E-state index contributed by atoms with van der Waals surface area (Å²) in [5, 5.41) is 2.77. The summed E-state index contributed by atoms with van der Waals surface area (Å²) in [4.78, 5) is 24.8. The molecule has 0 unspecified atom stereocenters. The second-order valence-electron chi connectivity index (χ2n) is 5.28. The Morgan fingerprint density at radius 1 is 1.00 bits per heavy atom. The molecule has 0 bridgehead atoms. The SMILES string of the molecule is CCC(=O)NCCN(C(C)=O)c1ccc(Oc2ccccc2)cc1. The van der Waals surface area contributed by atoms with Gasteiger partial charge in [0.15, 0.2) is 0 Å². The third kappa shape index (κ3) is 5.12. The van der Waals surface area contributed by atoms with Crippen LogP contribution < -0.4 is 15.0 Å². The minimum atomic E-state index is -0.0718. The molecule has 0 heterocycles. The Kier molecular flexibility index (Phi) is 6.37. The van der Waals surface area contributed by atoms with Crippen LogP contribution in [0.5, 0.6) is 11.5 Å². The van der Waals surface area contributed by atoms with Gasteiger partial charge in [-0.1, -0.05) is 25.1 Å². The van der Waals surface area contributed by atoms with E-state index in [2.05, 4.69) is 5.32 Å². The van der Waals surface area contributed by atoms with E-state index in [-0.39, 0.29) is 11.8 Å². The van der Waals surface area contributed by atoms with Crippen LogP contribution in [-0.2, 0) is 9.59 Å². The molecular formula is C19H22N2O3. The maximum atomic E-state index is 11.8. The summed E-state index contributed by atoms with van der Waals surface area (Å²) in [6, 6.07) is 16.8. The van der Waals surface area contributed by atoms with E-state index in [9.17, 15) is 9.59 Å². The van der Waals surface area contributed by atoms with Crippen LogP contribution in [0.25, 0.3) is 0 Å². The second kappa shape index (κ2) is 8.72. The lowest BCUT2D eigenvalue weighted by Crippen LogP contribution is -2.37. The number of nitrogens with zero attached hydrogens (tertiary/aromatic N) is 1. The number of carbonyl (C=O) groups excluding carboxylic acids is 2. The van der Waals surface area contributed by atoms with Gasteiger partial charge in [-0.3, -0.25) is 9.59 Å². The first-order chi connectivity index (χ1) is 11.6. The summed E-state index contributed by atoms with van der Waals surface area (Å²) < 4.78 is 5.74. The third-order valence-electron chi connectivity index (χ3n) is 3.49. The Balaban J connectivity index is 2.00. The Morgan fingerprint density at radius 2 is 1.62 bits per heavy atom. The molecule has 0 saturated heterocycles. The van der Waals surface area contributed by atoms with Crippen molar-refractivity contribution in [3.8, 4) is 11.5 Å². The van der Waals surface area contributed by atoms with Crippen molar-refractivity contribution in [1.82, 2.24) is 5.32 Å². The van der Waals surface area contributed by atoms with Crippen LogP contribution in [0.1, 0.15) is 20.3 Å². The molecule has 0 aliphatic rings. The summed E-state index contributed by atoms with van der Waals surface area (Å²) in [7, 11) is 0. The van der Waals surface area contributed by atoms with Crippen LogP contribution >= 0.6 is 0 Å². The predicted molar refractivity (Wildman–Crippen MR) is 94.3 cm³/mol. The molecule has 0 aliphatic heterocycles. The van der Waals surface area contributed by atoms with Crippen molar-refractivity contribution >= 4 is 17.5 Å². The maximum absolute atomic E-state index is 11.8. The summed E-state index contributed by atoms with van der Waals surface area (Å²) in [6.07, 6.45) is 0.436. The van der Waals surface area contributed by atoms with Crippen molar-refractivity contribution in [2.45, 2.75) is 20.3 Å². The van der Waals surface area contributed by atoms with Crippen molar-refractivity contribution in [2.24, 2.45) is 0 Å². The zero-order valence-electron chi connectivity index (χ0n) is 14.0. The third-order valence-corrected chi connectivity index (χ3v) is 3.49. The van der Waals surface area contributed by atoms with Crippen LogP contribution in [0.2, 0.25) is 0 Å². The lowest BCUT2D eigenvalue weighted by atomic mass is 10.2. The highest BCUT2D eigenvalue weighted by atomic mass is 16.5. The second-order valence-corrected chi connectivity index (χ2v) is 5.28. The highest BCUT2D eigenvalue weighted by Gasteiger charge is 2.11. The van der Waals surface area contributed by atoms with Crippen molar-refractivity contribution in [3.05, 3.63) is 54.6 Å². The molecule has 2 aromatic carbocycles. The van der Waals surface area contributed by atoms with E-state index in [1.54, 1.807) is 11.8 Å². The molecule has 0 spiro atoms. The molecule has 0 atom stereocenters. The highest BCUT2D eigenvalue weighted by molar-refractivity contribution is 5.91. The number of para-hydroxylation sites is 1. The molecule has 0 saturated carbocycles. The normalized spacial score (nSPS) is 10.1. The zero-order chi connectivity index (χ0) is 17.4. The van der Waals surface area contributed by atoms with E-state index in [1.807, 2.05) is 54.6 Å². The van der Waals surface area contributed by atoms with E-state index in [0.29, 0.717) is 25.3 Å². The minimum Gasteiger partial charge on any atom is -0.457 e. The summed E-state index contributed by atoms with van der Waals surface area (Å²) in [5.74, 6) is 1.37. The van der Waals surface area contributed by atoms with Gasteiger partial charge in [0.1, 0.15) is 11.5 Å². The van der Waals surface area contributed by atoms with Crippen molar-refractivity contribution < 1.29 is 14.3 Å². The van der Waals surface area contributed by atoms with Gasteiger partial charge in [-0.15, -0.1) is 0 Å². The standard InChI is InChI=1S/C19H22N2O3/c1-3-19(23)20-13-14-21(15(2)22)16-9-11-18(12-10-16)24-17-7-5-4-6-8-17/h4-12H,3,13-14H2,1-2H3,(H,20,23). The number of nitrogens with one attached hydrogen (secondary N) is 1. The molecule has 0 aliphatic carbocycles. The predicted octanol–water partition coefficient (Wildman–Crippen LogP) is 3.36. The molecular weight excluding hydrogens is 304 g/mol. The molecule has 126 valence electrons. The van der Waals surface area contributed by atoms with Crippen molar-refractivity contribution in [3.63, 3.8) is 0 Å². The Labute approximate surface area is 142 Å². The molecule has 0 radical (unpaired) electrons. The lowest BCUT2D eigenvalue weighted by molar-refractivity contribution is -0.121. The van der Waals surface area contributed by atoms with Gasteiger partial charge in [0.05, 0.1) is 0 Å². The van der Waals surface area contributed by atoms with Gasteiger partial charge in [-0.2, -0.15) is 0 Å². The Bertz CT molecular complexity index is 669. The highest BCUT2D eigenvalue weighted by Crippen LogP contribution is 2.24. The first kappa shape index (κ1) is 17.5. The Hall–Kier alpha value is -2.82. The molecule has 0 fully saturated rings. The molecule has 5 nitrogen and oxygen atoms in total. The molecule has 24 heavy (non-hydrogen) atoms. The Morgan fingerprint density at radius 3 is 2.21 bits per heavy atom. The summed E-state index contributed by atoms with van der Waals surface area (Å²) in [6.45, 7) is 4.16. The van der Waals surface area contributed by atoms with Gasteiger partial charge in [0.25, 0.3) is 0 Å². The summed E-state index contributed by atoms with van der Waals surface area (Å²) in [5.41, 5.74) is 0.772. The first-order valence-corrected chi connectivity index (χ1v) is 7.98.